The minimum absolute atomic E-state index is 0. The summed E-state index contributed by atoms with van der Waals surface area (Å²) in [6.45, 7) is 0. The summed E-state index contributed by atoms with van der Waals surface area (Å²) in [6, 6.07) is 1.75. The molecule has 0 saturated heterocycles. The highest BCUT2D eigenvalue weighted by Crippen LogP contribution is 2.31. The third-order valence-electron chi connectivity index (χ3n) is 1.28. The number of ether oxygens (including phenoxy) is 1. The number of hydrogen-bond donors (Lipinski definition) is 1. The van der Waals surface area contributed by atoms with Crippen LogP contribution in [0.4, 0.5) is 5.69 Å². The van der Waals surface area contributed by atoms with Crippen molar-refractivity contribution in [3.05, 3.63) is 14.7 Å². The first-order valence-corrected chi connectivity index (χ1v) is 4.96. The molecule has 1 aromatic heterocycles. The van der Waals surface area contributed by atoms with E-state index in [0.717, 1.165) is 3.79 Å². The Morgan fingerprint density at radius 1 is 1.57 bits per heavy atom. The zero-order valence-corrected chi connectivity index (χ0v) is 9.49. The van der Waals surface area contributed by atoms with E-state index in [1.807, 2.05) is 0 Å². The van der Waals surface area contributed by atoms with E-state index >= 15 is 0 Å². The predicted octanol–water partition coefficient (Wildman–Crippen LogP) is 2.91. The summed E-state index contributed by atoms with van der Waals surface area (Å²) in [6.07, 6.45) is 0. The fourth-order valence-electron chi connectivity index (χ4n) is 0.791. The molecule has 0 atom stereocenters. The molecular formula is C8H12BrNO3S. The van der Waals surface area contributed by atoms with Crippen molar-refractivity contribution in [1.29, 1.82) is 0 Å². The molecule has 0 unspecified atom stereocenters. The average Bonchev–Trinajstić information content (AvgIpc) is 2.46. The number of rotatable bonds is 3. The van der Waals surface area contributed by atoms with Gasteiger partial charge in [0.2, 0.25) is 0 Å². The molecule has 0 spiro atoms. The van der Waals surface area contributed by atoms with Gasteiger partial charge in [-0.2, -0.15) is 0 Å². The molecular weight excluding hydrogens is 270 g/mol. The molecule has 0 saturated carbocycles. The average molecular weight is 282 g/mol. The molecule has 1 N–H and O–H groups in total. The van der Waals surface area contributed by atoms with E-state index in [0.29, 0.717) is 10.6 Å². The van der Waals surface area contributed by atoms with Gasteiger partial charge in [-0.15, -0.1) is 11.3 Å². The maximum absolute atomic E-state index is 11.2. The van der Waals surface area contributed by atoms with Crippen LogP contribution in [0, 0.1) is 0 Å². The van der Waals surface area contributed by atoms with E-state index in [-0.39, 0.29) is 13.4 Å². The summed E-state index contributed by atoms with van der Waals surface area (Å²) in [5.41, 5.74) is 3.19. The highest BCUT2D eigenvalue weighted by Gasteiger charge is 2.15. The Labute approximate surface area is 95.3 Å². The Hall–Kier alpha value is -0.590. The van der Waals surface area contributed by atoms with Crippen molar-refractivity contribution in [1.82, 2.24) is 0 Å². The molecule has 0 aliphatic heterocycles. The van der Waals surface area contributed by atoms with Gasteiger partial charge in [-0.3, -0.25) is 10.3 Å². The molecule has 0 aliphatic carbocycles. The second kappa shape index (κ2) is 6.00. The van der Waals surface area contributed by atoms with Gasteiger partial charge in [-0.25, -0.2) is 4.79 Å². The molecule has 6 heteroatoms. The number of anilines is 1. The van der Waals surface area contributed by atoms with Crippen LogP contribution in [0.15, 0.2) is 9.85 Å². The molecule has 1 heterocycles. The van der Waals surface area contributed by atoms with Crippen LogP contribution < -0.4 is 5.48 Å². The Morgan fingerprint density at radius 3 is 2.71 bits per heavy atom. The molecule has 1 rings (SSSR count). The molecule has 0 fully saturated rings. The van der Waals surface area contributed by atoms with Gasteiger partial charge in [0.15, 0.2) is 0 Å². The maximum atomic E-state index is 11.2. The molecule has 80 valence electrons. The van der Waals surface area contributed by atoms with E-state index in [1.54, 1.807) is 6.07 Å². The Balaban J connectivity index is 0.00000169. The smallest absolute Gasteiger partial charge is 0.350 e. The van der Waals surface area contributed by atoms with Crippen LogP contribution in [0.25, 0.3) is 0 Å². The highest BCUT2D eigenvalue weighted by atomic mass is 79.9. The zero-order chi connectivity index (χ0) is 9.84. The largest absolute Gasteiger partial charge is 0.465 e. The lowest BCUT2D eigenvalue weighted by Crippen LogP contribution is -2.03. The SMILES string of the molecule is C.CONc1cc(Br)sc1C(=O)OC. The van der Waals surface area contributed by atoms with E-state index < -0.39 is 0 Å². The normalized spacial score (nSPS) is 9.07. The van der Waals surface area contributed by atoms with E-state index in [4.69, 9.17) is 4.84 Å². The third kappa shape index (κ3) is 2.97. The number of hydrogen-bond acceptors (Lipinski definition) is 5. The van der Waals surface area contributed by atoms with Gasteiger partial charge in [0.05, 0.1) is 23.7 Å². The van der Waals surface area contributed by atoms with E-state index in [1.165, 1.54) is 25.6 Å². The molecule has 0 aromatic carbocycles. The number of methoxy groups -OCH3 is 1. The van der Waals surface area contributed by atoms with Crippen molar-refractivity contribution in [3.63, 3.8) is 0 Å². The van der Waals surface area contributed by atoms with Gasteiger partial charge in [-0.05, 0) is 22.0 Å². The molecule has 0 amide bonds. The zero-order valence-electron chi connectivity index (χ0n) is 7.09. The fraction of sp³-hybridized carbons (Fsp3) is 0.375. The second-order valence-electron chi connectivity index (χ2n) is 2.09. The standard InChI is InChI=1S/C7H8BrNO3S.CH4/c1-11-7(10)6-4(9-12-2)3-5(8)13-6;/h3,9H,1-2H3;1H4. The summed E-state index contributed by atoms with van der Waals surface area (Å²) in [4.78, 5) is 16.4. The minimum Gasteiger partial charge on any atom is -0.465 e. The number of carbonyl (C=O) groups excluding carboxylic acids is 1. The Kier molecular flexibility index (Phi) is 5.75. The summed E-state index contributed by atoms with van der Waals surface area (Å²) in [7, 11) is 2.82. The van der Waals surface area contributed by atoms with Crippen LogP contribution in [0.5, 0.6) is 0 Å². The van der Waals surface area contributed by atoms with Gasteiger partial charge in [0, 0.05) is 0 Å². The van der Waals surface area contributed by atoms with E-state index in [2.05, 4.69) is 26.1 Å². The van der Waals surface area contributed by atoms with Crippen LogP contribution in [0.3, 0.4) is 0 Å². The van der Waals surface area contributed by atoms with Gasteiger partial charge >= 0.3 is 5.97 Å². The number of halogens is 1. The number of thiophene rings is 1. The molecule has 0 bridgehead atoms. The molecule has 0 aliphatic rings. The van der Waals surface area contributed by atoms with Crippen molar-refractivity contribution in [3.8, 4) is 0 Å². The summed E-state index contributed by atoms with van der Waals surface area (Å²) >= 11 is 4.55. The van der Waals surface area contributed by atoms with Crippen LogP contribution in [0.1, 0.15) is 17.1 Å². The van der Waals surface area contributed by atoms with Crippen molar-refractivity contribution >= 4 is 38.9 Å². The molecule has 4 nitrogen and oxygen atoms in total. The quantitative estimate of drug-likeness (QED) is 0.684. The first-order chi connectivity index (χ1) is 6.19. The topological polar surface area (TPSA) is 47.6 Å². The van der Waals surface area contributed by atoms with Gasteiger partial charge in [0.25, 0.3) is 0 Å². The van der Waals surface area contributed by atoms with Gasteiger partial charge < -0.3 is 4.74 Å². The van der Waals surface area contributed by atoms with E-state index in [9.17, 15) is 4.79 Å². The summed E-state index contributed by atoms with van der Waals surface area (Å²) in [5, 5.41) is 0. The van der Waals surface area contributed by atoms with Crippen LogP contribution in [-0.2, 0) is 9.57 Å². The van der Waals surface area contributed by atoms with Gasteiger partial charge in [-0.1, -0.05) is 7.43 Å². The minimum atomic E-state index is -0.379. The van der Waals surface area contributed by atoms with Crippen LogP contribution in [0.2, 0.25) is 0 Å². The number of nitrogens with one attached hydrogen (secondary N) is 1. The van der Waals surface area contributed by atoms with Crippen molar-refractivity contribution in [2.24, 2.45) is 0 Å². The van der Waals surface area contributed by atoms with Crippen molar-refractivity contribution < 1.29 is 14.4 Å². The molecule has 0 radical (unpaired) electrons. The first-order valence-electron chi connectivity index (χ1n) is 3.35. The second-order valence-corrected chi connectivity index (χ2v) is 4.52. The van der Waals surface area contributed by atoms with Crippen molar-refractivity contribution in [2.45, 2.75) is 7.43 Å². The number of carbonyl (C=O) groups is 1. The lowest BCUT2D eigenvalue weighted by Gasteiger charge is -2.01. The lowest BCUT2D eigenvalue weighted by atomic mass is 10.4. The first kappa shape index (κ1) is 13.4. The Bertz CT molecular complexity index is 314. The van der Waals surface area contributed by atoms with Crippen LogP contribution in [-0.4, -0.2) is 20.2 Å². The highest BCUT2D eigenvalue weighted by molar-refractivity contribution is 9.11. The molecule has 14 heavy (non-hydrogen) atoms. The lowest BCUT2D eigenvalue weighted by molar-refractivity contribution is 0.0606. The molecule has 1 aromatic rings. The third-order valence-corrected chi connectivity index (χ3v) is 2.90. The summed E-state index contributed by atoms with van der Waals surface area (Å²) in [5.74, 6) is -0.379. The van der Waals surface area contributed by atoms with Gasteiger partial charge in [0.1, 0.15) is 4.88 Å². The number of esters is 1. The predicted molar refractivity (Wildman–Crippen MR) is 60.7 cm³/mol. The summed E-state index contributed by atoms with van der Waals surface area (Å²) < 4.78 is 5.43. The fourth-order valence-corrected chi connectivity index (χ4v) is 2.25. The van der Waals surface area contributed by atoms with Crippen molar-refractivity contribution in [2.75, 3.05) is 19.7 Å². The monoisotopic (exact) mass is 281 g/mol. The Morgan fingerprint density at radius 2 is 2.21 bits per heavy atom. The maximum Gasteiger partial charge on any atom is 0.350 e. The van der Waals surface area contributed by atoms with Crippen LogP contribution >= 0.6 is 27.3 Å².